The largest absolute Gasteiger partial charge is 0.449 e. The summed E-state index contributed by atoms with van der Waals surface area (Å²) in [6, 6.07) is 23.2. The number of nitrogens with zero attached hydrogens (tertiary/aromatic N) is 1. The molecule has 4 rings (SSSR count). The number of hydrogen-bond donors (Lipinski definition) is 1. The van der Waals surface area contributed by atoms with E-state index in [2.05, 4.69) is 5.32 Å². The quantitative estimate of drug-likeness (QED) is 0.384. The lowest BCUT2D eigenvalue weighted by Gasteiger charge is -2.19. The fraction of sp³-hybridized carbons (Fsp3) is 0.185. The minimum Gasteiger partial charge on any atom is -0.449 e. The van der Waals surface area contributed by atoms with Gasteiger partial charge in [-0.3, -0.25) is 9.10 Å². The first kappa shape index (κ1) is 24.2. The molecule has 1 aliphatic rings. The Labute approximate surface area is 205 Å². The summed E-state index contributed by atoms with van der Waals surface area (Å²) >= 11 is 0. The minimum atomic E-state index is -3.68. The van der Waals surface area contributed by atoms with Gasteiger partial charge in [-0.2, -0.15) is 0 Å². The van der Waals surface area contributed by atoms with Gasteiger partial charge in [-0.05, 0) is 54.3 Å². The number of carbonyl (C=O) groups is 2. The normalized spacial score (nSPS) is 13.9. The van der Waals surface area contributed by atoms with Crippen molar-refractivity contribution in [1.82, 2.24) is 5.32 Å². The first-order chi connectivity index (χ1) is 16.8. The number of rotatable bonds is 8. The molecular weight excluding hydrogens is 464 g/mol. The average Bonchev–Trinajstić information content (AvgIpc) is 3.32. The van der Waals surface area contributed by atoms with Gasteiger partial charge in [0.1, 0.15) is 0 Å². The van der Waals surface area contributed by atoms with Crippen molar-refractivity contribution in [2.45, 2.75) is 30.9 Å². The number of anilines is 1. The predicted molar refractivity (Wildman–Crippen MR) is 134 cm³/mol. The Morgan fingerprint density at radius 3 is 2.43 bits per heavy atom. The fourth-order valence-electron chi connectivity index (χ4n) is 3.80. The molecule has 8 heteroatoms. The van der Waals surface area contributed by atoms with Crippen molar-refractivity contribution < 1.29 is 22.7 Å². The highest BCUT2D eigenvalue weighted by molar-refractivity contribution is 7.92. The van der Waals surface area contributed by atoms with Crippen molar-refractivity contribution in [2.24, 2.45) is 0 Å². The third-order valence-corrected chi connectivity index (χ3v) is 7.52. The maximum absolute atomic E-state index is 13.1. The van der Waals surface area contributed by atoms with Gasteiger partial charge in [0.2, 0.25) is 0 Å². The van der Waals surface area contributed by atoms with Gasteiger partial charge < -0.3 is 10.1 Å². The Kier molecular flexibility index (Phi) is 7.31. The third-order valence-electron chi connectivity index (χ3n) is 5.70. The van der Waals surface area contributed by atoms with E-state index in [0.29, 0.717) is 30.8 Å². The van der Waals surface area contributed by atoms with Crippen LogP contribution in [-0.2, 0) is 37.3 Å². The number of carbonyl (C=O) groups excluding carboxylic acids is 2. The third kappa shape index (κ3) is 5.78. The van der Waals surface area contributed by atoms with Crippen LogP contribution in [0.5, 0.6) is 0 Å². The second-order valence-corrected chi connectivity index (χ2v) is 10.0. The maximum Gasteiger partial charge on any atom is 0.331 e. The molecule has 0 radical (unpaired) electrons. The van der Waals surface area contributed by atoms with E-state index in [1.165, 1.54) is 35.5 Å². The van der Waals surface area contributed by atoms with Crippen molar-refractivity contribution in [3.63, 3.8) is 0 Å². The number of esters is 1. The number of ether oxygens (including phenoxy) is 1. The summed E-state index contributed by atoms with van der Waals surface area (Å²) in [5, 5.41) is 2.73. The molecule has 0 aliphatic carbocycles. The highest BCUT2D eigenvalue weighted by atomic mass is 32.2. The molecule has 1 unspecified atom stereocenters. The molecule has 180 valence electrons. The summed E-state index contributed by atoms with van der Waals surface area (Å²) in [7, 11) is -3.68. The van der Waals surface area contributed by atoms with Crippen molar-refractivity contribution in [3.8, 4) is 0 Å². The standard InChI is InChI=1S/C27H26N2O5S/c1-20(27(31)28-19-22-7-3-2-4-8-22)34-26(30)16-13-21-11-14-24(15-12-21)35(32,33)29-18-17-23-9-5-6-10-25(23)29/h2-16,20H,17-19H2,1H3,(H,28,31)/b16-13+. The van der Waals surface area contributed by atoms with Gasteiger partial charge in [0.15, 0.2) is 6.10 Å². The maximum atomic E-state index is 13.1. The molecule has 3 aromatic carbocycles. The Morgan fingerprint density at radius 1 is 1.00 bits per heavy atom. The van der Waals surface area contributed by atoms with Crippen molar-refractivity contribution in [2.75, 3.05) is 10.8 Å². The van der Waals surface area contributed by atoms with E-state index in [1.807, 2.05) is 54.6 Å². The molecule has 1 heterocycles. The average molecular weight is 491 g/mol. The second kappa shape index (κ2) is 10.6. The van der Waals surface area contributed by atoms with Crippen molar-refractivity contribution >= 4 is 33.7 Å². The topological polar surface area (TPSA) is 92.8 Å². The van der Waals surface area contributed by atoms with Crippen LogP contribution >= 0.6 is 0 Å². The number of hydrogen-bond acceptors (Lipinski definition) is 5. The van der Waals surface area contributed by atoms with Crippen molar-refractivity contribution in [1.29, 1.82) is 0 Å². The monoisotopic (exact) mass is 490 g/mol. The zero-order valence-corrected chi connectivity index (χ0v) is 20.1. The zero-order chi connectivity index (χ0) is 24.8. The molecule has 35 heavy (non-hydrogen) atoms. The van der Waals surface area contributed by atoms with Gasteiger partial charge in [-0.25, -0.2) is 13.2 Å². The van der Waals surface area contributed by atoms with E-state index in [4.69, 9.17) is 4.74 Å². The summed E-state index contributed by atoms with van der Waals surface area (Å²) in [5.74, 6) is -1.06. The Bertz CT molecular complexity index is 1340. The van der Waals surface area contributed by atoms with Crippen LogP contribution in [0, 0.1) is 0 Å². The number of para-hydroxylation sites is 1. The summed E-state index contributed by atoms with van der Waals surface area (Å²) < 4.78 is 32.8. The lowest BCUT2D eigenvalue weighted by Crippen LogP contribution is -2.35. The van der Waals surface area contributed by atoms with Crippen LogP contribution in [-0.4, -0.2) is 32.9 Å². The van der Waals surface area contributed by atoms with Gasteiger partial charge in [0, 0.05) is 19.2 Å². The molecule has 1 aliphatic heterocycles. The second-order valence-electron chi connectivity index (χ2n) is 8.14. The van der Waals surface area contributed by atoms with E-state index in [9.17, 15) is 18.0 Å². The highest BCUT2D eigenvalue weighted by Crippen LogP contribution is 2.32. The molecule has 1 N–H and O–H groups in total. The molecule has 0 spiro atoms. The SMILES string of the molecule is CC(OC(=O)/C=C/c1ccc(S(=O)(=O)N2CCc3ccccc32)cc1)C(=O)NCc1ccccc1. The van der Waals surface area contributed by atoms with Gasteiger partial charge in [0.25, 0.3) is 15.9 Å². The molecular formula is C27H26N2O5S. The fourth-order valence-corrected chi connectivity index (χ4v) is 5.30. The number of sulfonamides is 1. The molecule has 1 atom stereocenters. The highest BCUT2D eigenvalue weighted by Gasteiger charge is 2.30. The molecule has 7 nitrogen and oxygen atoms in total. The molecule has 0 fully saturated rings. The lowest BCUT2D eigenvalue weighted by molar-refractivity contribution is -0.150. The first-order valence-corrected chi connectivity index (χ1v) is 12.7. The van der Waals surface area contributed by atoms with E-state index in [1.54, 1.807) is 12.1 Å². The molecule has 0 saturated heterocycles. The number of amides is 1. The molecule has 0 bridgehead atoms. The Morgan fingerprint density at radius 2 is 1.69 bits per heavy atom. The molecule has 3 aromatic rings. The van der Waals surface area contributed by atoms with Crippen LogP contribution in [0.2, 0.25) is 0 Å². The lowest BCUT2D eigenvalue weighted by atomic mass is 10.2. The van der Waals surface area contributed by atoms with E-state index in [-0.39, 0.29) is 4.90 Å². The number of benzene rings is 3. The van der Waals surface area contributed by atoms with Crippen LogP contribution in [0.15, 0.2) is 89.8 Å². The van der Waals surface area contributed by atoms with Gasteiger partial charge in [0.05, 0.1) is 10.6 Å². The van der Waals surface area contributed by atoms with Gasteiger partial charge >= 0.3 is 5.97 Å². The Hall–Kier alpha value is -3.91. The summed E-state index contributed by atoms with van der Waals surface area (Å²) in [5.41, 5.74) is 3.29. The van der Waals surface area contributed by atoms with Crippen LogP contribution in [0.25, 0.3) is 6.08 Å². The summed E-state index contributed by atoms with van der Waals surface area (Å²) in [6.45, 7) is 2.25. The zero-order valence-electron chi connectivity index (χ0n) is 19.3. The van der Waals surface area contributed by atoms with Crippen LogP contribution < -0.4 is 9.62 Å². The van der Waals surface area contributed by atoms with Gasteiger partial charge in [-0.1, -0.05) is 60.7 Å². The van der Waals surface area contributed by atoms with Gasteiger partial charge in [-0.15, -0.1) is 0 Å². The molecule has 1 amide bonds. The number of fused-ring (bicyclic) bond motifs is 1. The van der Waals surface area contributed by atoms with Crippen molar-refractivity contribution in [3.05, 3.63) is 102 Å². The minimum absolute atomic E-state index is 0.178. The summed E-state index contributed by atoms with van der Waals surface area (Å²) in [4.78, 5) is 24.5. The van der Waals surface area contributed by atoms with E-state index >= 15 is 0 Å². The molecule has 0 aromatic heterocycles. The Balaban J connectivity index is 1.32. The van der Waals surface area contributed by atoms with E-state index in [0.717, 1.165) is 11.1 Å². The smallest absolute Gasteiger partial charge is 0.331 e. The molecule has 0 saturated carbocycles. The predicted octanol–water partition coefficient (Wildman–Crippen LogP) is 3.70. The van der Waals surface area contributed by atoms with Crippen LogP contribution in [0.3, 0.4) is 0 Å². The van der Waals surface area contributed by atoms with Crippen LogP contribution in [0.1, 0.15) is 23.6 Å². The van der Waals surface area contributed by atoms with Crippen LogP contribution in [0.4, 0.5) is 5.69 Å². The van der Waals surface area contributed by atoms with E-state index < -0.39 is 28.0 Å². The first-order valence-electron chi connectivity index (χ1n) is 11.3. The summed E-state index contributed by atoms with van der Waals surface area (Å²) in [6.07, 6.45) is 2.45. The number of nitrogens with one attached hydrogen (secondary N) is 1.